The lowest BCUT2D eigenvalue weighted by Gasteiger charge is -2.06. The van der Waals surface area contributed by atoms with Crippen LogP contribution in [0.4, 0.5) is 14.5 Å². The van der Waals surface area contributed by atoms with Crippen LogP contribution in [0.5, 0.6) is 0 Å². The molecule has 0 aliphatic carbocycles. The van der Waals surface area contributed by atoms with E-state index in [1.807, 2.05) is 0 Å². The molecule has 5 nitrogen and oxygen atoms in total. The van der Waals surface area contributed by atoms with Crippen LogP contribution in [0.25, 0.3) is 0 Å². The summed E-state index contributed by atoms with van der Waals surface area (Å²) in [4.78, 5) is 11.9. The standard InChI is InChI=1S/C14H11F2N3O2/c15-10-5-11(16)7-12(6-10)18-14(20)9-3-1-8(2-4-9)13(17)19-21/h1-7,21H,(H2,17,19)(H,18,20). The van der Waals surface area contributed by atoms with Crippen molar-refractivity contribution in [1.82, 2.24) is 0 Å². The Labute approximate surface area is 118 Å². The third-order valence-corrected chi connectivity index (χ3v) is 2.67. The van der Waals surface area contributed by atoms with Crippen molar-refractivity contribution in [3.05, 3.63) is 65.2 Å². The molecular weight excluding hydrogens is 280 g/mol. The second-order valence-electron chi connectivity index (χ2n) is 4.17. The summed E-state index contributed by atoms with van der Waals surface area (Å²) in [5.74, 6) is -2.19. The molecule has 108 valence electrons. The van der Waals surface area contributed by atoms with Gasteiger partial charge in [0.25, 0.3) is 5.91 Å². The third kappa shape index (κ3) is 3.53. The van der Waals surface area contributed by atoms with Gasteiger partial charge in [0.15, 0.2) is 5.84 Å². The Bertz CT molecular complexity index is 680. The number of anilines is 1. The van der Waals surface area contributed by atoms with Gasteiger partial charge in [0.05, 0.1) is 0 Å². The van der Waals surface area contributed by atoms with E-state index in [4.69, 9.17) is 10.9 Å². The Morgan fingerprint density at radius 1 is 1.05 bits per heavy atom. The fraction of sp³-hybridized carbons (Fsp3) is 0. The van der Waals surface area contributed by atoms with Crippen LogP contribution in [-0.2, 0) is 0 Å². The smallest absolute Gasteiger partial charge is 0.255 e. The van der Waals surface area contributed by atoms with Gasteiger partial charge in [-0.2, -0.15) is 0 Å². The molecule has 1 amide bonds. The number of nitrogens with one attached hydrogen (secondary N) is 1. The van der Waals surface area contributed by atoms with Crippen LogP contribution in [0.15, 0.2) is 47.6 Å². The molecule has 0 heterocycles. The van der Waals surface area contributed by atoms with Gasteiger partial charge in [0, 0.05) is 22.9 Å². The number of oxime groups is 1. The lowest BCUT2D eigenvalue weighted by atomic mass is 10.1. The number of rotatable bonds is 3. The predicted octanol–water partition coefficient (Wildman–Crippen LogP) is 2.31. The van der Waals surface area contributed by atoms with Gasteiger partial charge in [-0.3, -0.25) is 4.79 Å². The Morgan fingerprint density at radius 3 is 2.10 bits per heavy atom. The molecule has 0 spiro atoms. The minimum absolute atomic E-state index is 0.0120. The van der Waals surface area contributed by atoms with Gasteiger partial charge in [-0.25, -0.2) is 8.78 Å². The number of benzene rings is 2. The van der Waals surface area contributed by atoms with E-state index in [9.17, 15) is 13.6 Å². The maximum atomic E-state index is 13.0. The number of hydrogen-bond donors (Lipinski definition) is 3. The maximum Gasteiger partial charge on any atom is 0.255 e. The van der Waals surface area contributed by atoms with Crippen molar-refractivity contribution in [1.29, 1.82) is 0 Å². The summed E-state index contributed by atoms with van der Waals surface area (Å²) in [5, 5.41) is 13.7. The highest BCUT2D eigenvalue weighted by Gasteiger charge is 2.09. The zero-order chi connectivity index (χ0) is 15.4. The summed E-state index contributed by atoms with van der Waals surface area (Å²) in [6.07, 6.45) is 0. The van der Waals surface area contributed by atoms with Crippen LogP contribution in [0.1, 0.15) is 15.9 Å². The van der Waals surface area contributed by atoms with Crippen LogP contribution in [0, 0.1) is 11.6 Å². The predicted molar refractivity (Wildman–Crippen MR) is 73.3 cm³/mol. The Morgan fingerprint density at radius 2 is 1.57 bits per heavy atom. The minimum Gasteiger partial charge on any atom is -0.409 e. The number of halogens is 2. The van der Waals surface area contributed by atoms with Crippen LogP contribution in [-0.4, -0.2) is 17.0 Å². The molecular formula is C14H11F2N3O2. The number of carbonyl (C=O) groups excluding carboxylic acids is 1. The first kappa shape index (κ1) is 14.4. The quantitative estimate of drug-likeness (QED) is 0.351. The van der Waals surface area contributed by atoms with Crippen molar-refractivity contribution < 1.29 is 18.8 Å². The Hall–Kier alpha value is -2.96. The van der Waals surface area contributed by atoms with Crippen molar-refractivity contribution >= 4 is 17.4 Å². The van der Waals surface area contributed by atoms with E-state index in [0.717, 1.165) is 12.1 Å². The molecule has 0 bridgehead atoms. The molecule has 0 aliphatic rings. The topological polar surface area (TPSA) is 87.7 Å². The minimum atomic E-state index is -0.785. The lowest BCUT2D eigenvalue weighted by molar-refractivity contribution is 0.102. The molecule has 4 N–H and O–H groups in total. The van der Waals surface area contributed by atoms with E-state index in [1.165, 1.54) is 24.3 Å². The van der Waals surface area contributed by atoms with Gasteiger partial charge in [0.2, 0.25) is 0 Å². The number of carbonyl (C=O) groups is 1. The van der Waals surface area contributed by atoms with E-state index in [2.05, 4.69) is 10.5 Å². The van der Waals surface area contributed by atoms with Crippen LogP contribution < -0.4 is 11.1 Å². The average molecular weight is 291 g/mol. The number of amides is 1. The number of nitrogens with two attached hydrogens (primary N) is 1. The van der Waals surface area contributed by atoms with Gasteiger partial charge < -0.3 is 16.3 Å². The van der Waals surface area contributed by atoms with Crippen molar-refractivity contribution in [2.24, 2.45) is 10.9 Å². The lowest BCUT2D eigenvalue weighted by Crippen LogP contribution is -2.15. The molecule has 0 aromatic heterocycles. The summed E-state index contributed by atoms with van der Waals surface area (Å²) >= 11 is 0. The molecule has 0 fully saturated rings. The number of amidine groups is 1. The van der Waals surface area contributed by atoms with E-state index < -0.39 is 17.5 Å². The maximum absolute atomic E-state index is 13.0. The molecule has 0 unspecified atom stereocenters. The molecule has 21 heavy (non-hydrogen) atoms. The van der Waals surface area contributed by atoms with E-state index in [-0.39, 0.29) is 17.1 Å². The number of hydrogen-bond acceptors (Lipinski definition) is 3. The van der Waals surface area contributed by atoms with Gasteiger partial charge in [-0.05, 0) is 24.3 Å². The van der Waals surface area contributed by atoms with Crippen molar-refractivity contribution in [3.63, 3.8) is 0 Å². The first-order valence-corrected chi connectivity index (χ1v) is 5.85. The van der Waals surface area contributed by atoms with Crippen molar-refractivity contribution in [2.75, 3.05) is 5.32 Å². The molecule has 0 radical (unpaired) electrons. The first-order chi connectivity index (χ1) is 9.99. The fourth-order valence-corrected chi connectivity index (χ4v) is 1.68. The van der Waals surface area contributed by atoms with E-state index in [1.54, 1.807) is 0 Å². The Kier molecular flexibility index (Phi) is 4.13. The number of nitrogens with zero attached hydrogens (tertiary/aromatic N) is 1. The van der Waals surface area contributed by atoms with Gasteiger partial charge in [0.1, 0.15) is 11.6 Å². The van der Waals surface area contributed by atoms with Crippen LogP contribution in [0.2, 0.25) is 0 Å². The van der Waals surface area contributed by atoms with E-state index >= 15 is 0 Å². The summed E-state index contributed by atoms with van der Waals surface area (Å²) in [7, 11) is 0. The molecule has 0 saturated carbocycles. The first-order valence-electron chi connectivity index (χ1n) is 5.85. The second kappa shape index (κ2) is 6.00. The summed E-state index contributed by atoms with van der Waals surface area (Å²) in [5.41, 5.74) is 6.10. The van der Waals surface area contributed by atoms with Gasteiger partial charge >= 0.3 is 0 Å². The van der Waals surface area contributed by atoms with Crippen molar-refractivity contribution in [2.45, 2.75) is 0 Å². The average Bonchev–Trinajstić information content (AvgIpc) is 2.45. The summed E-state index contributed by atoms with van der Waals surface area (Å²) in [6, 6.07) is 8.57. The summed E-state index contributed by atoms with van der Waals surface area (Å²) in [6.45, 7) is 0. The van der Waals surface area contributed by atoms with Crippen LogP contribution in [0.3, 0.4) is 0 Å². The van der Waals surface area contributed by atoms with Crippen LogP contribution >= 0.6 is 0 Å². The molecule has 0 atom stereocenters. The van der Waals surface area contributed by atoms with E-state index in [0.29, 0.717) is 11.6 Å². The zero-order valence-corrected chi connectivity index (χ0v) is 10.7. The largest absolute Gasteiger partial charge is 0.409 e. The fourth-order valence-electron chi connectivity index (χ4n) is 1.68. The Balaban J connectivity index is 2.16. The summed E-state index contributed by atoms with van der Waals surface area (Å²) < 4.78 is 26.0. The SMILES string of the molecule is N/C(=N\O)c1ccc(C(=O)Nc2cc(F)cc(F)c2)cc1. The zero-order valence-electron chi connectivity index (χ0n) is 10.7. The highest BCUT2D eigenvalue weighted by atomic mass is 19.1. The molecule has 7 heteroatoms. The second-order valence-corrected chi connectivity index (χ2v) is 4.17. The third-order valence-electron chi connectivity index (χ3n) is 2.67. The molecule has 2 rings (SSSR count). The highest BCUT2D eigenvalue weighted by Crippen LogP contribution is 2.14. The molecule has 2 aromatic carbocycles. The molecule has 0 aliphatic heterocycles. The monoisotopic (exact) mass is 291 g/mol. The highest BCUT2D eigenvalue weighted by molar-refractivity contribution is 6.05. The van der Waals surface area contributed by atoms with Gasteiger partial charge in [-0.1, -0.05) is 17.3 Å². The van der Waals surface area contributed by atoms with Gasteiger partial charge in [-0.15, -0.1) is 0 Å². The normalized spacial score (nSPS) is 11.2. The molecule has 2 aromatic rings. The molecule has 0 saturated heterocycles. The van der Waals surface area contributed by atoms with Crippen molar-refractivity contribution in [3.8, 4) is 0 Å².